The Morgan fingerprint density at radius 1 is 1.28 bits per heavy atom. The summed E-state index contributed by atoms with van der Waals surface area (Å²) in [6, 6.07) is 10.4. The van der Waals surface area contributed by atoms with Crippen molar-refractivity contribution in [1.29, 1.82) is 0 Å². The molecular weight excluding hydrogens is 244 g/mol. The zero-order valence-electron chi connectivity index (χ0n) is 10.2. The summed E-state index contributed by atoms with van der Waals surface area (Å²) in [6.45, 7) is 2.26. The number of rotatable bonds is 2. The van der Waals surface area contributed by atoms with Crippen molar-refractivity contribution < 1.29 is 9.53 Å². The number of carbonyl (C=O) groups excluding carboxylic acids is 1. The summed E-state index contributed by atoms with van der Waals surface area (Å²) in [5.74, 6) is -0.200. The Labute approximate surface area is 110 Å². The molecule has 0 radical (unpaired) electrons. The smallest absolute Gasteiger partial charge is 0.348 e. The number of hydrogen-bond acceptors (Lipinski definition) is 3. The van der Waals surface area contributed by atoms with Gasteiger partial charge in [0, 0.05) is 4.88 Å². The molecule has 0 atom stereocenters. The highest BCUT2D eigenvalue weighted by molar-refractivity contribution is 7.14. The minimum atomic E-state index is -0.200. The fourth-order valence-electron chi connectivity index (χ4n) is 2.39. The van der Waals surface area contributed by atoms with E-state index in [1.54, 1.807) is 11.3 Å². The largest absolute Gasteiger partial charge is 0.462 e. The normalized spacial score (nSPS) is 12.7. The molecule has 1 aliphatic rings. The molecule has 0 saturated carbocycles. The van der Waals surface area contributed by atoms with Gasteiger partial charge in [0.15, 0.2) is 0 Å². The van der Waals surface area contributed by atoms with E-state index in [-0.39, 0.29) is 5.97 Å². The number of esters is 1. The second-order valence-electron chi connectivity index (χ2n) is 4.33. The number of aryl methyl sites for hydroxylation is 2. The SMILES string of the molecule is CCOC(=O)c1cc2c(s1)CCc1ccccc1-2. The van der Waals surface area contributed by atoms with Gasteiger partial charge >= 0.3 is 5.97 Å². The van der Waals surface area contributed by atoms with Gasteiger partial charge in [0.1, 0.15) is 4.88 Å². The zero-order valence-corrected chi connectivity index (χ0v) is 11.0. The van der Waals surface area contributed by atoms with Crippen molar-refractivity contribution in [3.05, 3.63) is 45.6 Å². The number of benzene rings is 1. The van der Waals surface area contributed by atoms with Crippen molar-refractivity contribution in [2.75, 3.05) is 6.61 Å². The van der Waals surface area contributed by atoms with Crippen molar-refractivity contribution >= 4 is 17.3 Å². The van der Waals surface area contributed by atoms with Crippen LogP contribution in [-0.4, -0.2) is 12.6 Å². The van der Waals surface area contributed by atoms with Crippen LogP contribution in [-0.2, 0) is 17.6 Å². The lowest BCUT2D eigenvalue weighted by molar-refractivity contribution is 0.0532. The summed E-state index contributed by atoms with van der Waals surface area (Å²) in [5, 5.41) is 0. The summed E-state index contributed by atoms with van der Waals surface area (Å²) >= 11 is 1.57. The highest BCUT2D eigenvalue weighted by Crippen LogP contribution is 2.38. The van der Waals surface area contributed by atoms with Crippen LogP contribution < -0.4 is 0 Å². The molecule has 0 amide bonds. The van der Waals surface area contributed by atoms with E-state index >= 15 is 0 Å². The topological polar surface area (TPSA) is 26.3 Å². The zero-order chi connectivity index (χ0) is 12.5. The lowest BCUT2D eigenvalue weighted by atomic mass is 9.91. The fraction of sp³-hybridized carbons (Fsp3) is 0.267. The van der Waals surface area contributed by atoms with Crippen LogP contribution in [0.3, 0.4) is 0 Å². The van der Waals surface area contributed by atoms with E-state index in [9.17, 15) is 4.79 Å². The minimum Gasteiger partial charge on any atom is -0.462 e. The van der Waals surface area contributed by atoms with Crippen LogP contribution in [0, 0.1) is 0 Å². The molecule has 1 heterocycles. The second kappa shape index (κ2) is 4.58. The number of hydrogen-bond donors (Lipinski definition) is 0. The van der Waals surface area contributed by atoms with E-state index in [0.717, 1.165) is 17.7 Å². The van der Waals surface area contributed by atoms with Gasteiger partial charge in [-0.05, 0) is 42.5 Å². The number of fused-ring (bicyclic) bond motifs is 3. The third-order valence-corrected chi connectivity index (χ3v) is 4.39. The van der Waals surface area contributed by atoms with Crippen molar-refractivity contribution in [1.82, 2.24) is 0 Å². The second-order valence-corrected chi connectivity index (χ2v) is 5.46. The van der Waals surface area contributed by atoms with Crippen LogP contribution in [0.25, 0.3) is 11.1 Å². The molecule has 3 rings (SSSR count). The summed E-state index contributed by atoms with van der Waals surface area (Å²) in [5.41, 5.74) is 3.86. The lowest BCUT2D eigenvalue weighted by Crippen LogP contribution is -2.01. The first kappa shape index (κ1) is 11.5. The van der Waals surface area contributed by atoms with E-state index in [4.69, 9.17) is 4.74 Å². The maximum atomic E-state index is 11.8. The Balaban J connectivity index is 2.04. The van der Waals surface area contributed by atoms with Gasteiger partial charge in [-0.25, -0.2) is 4.79 Å². The van der Waals surface area contributed by atoms with Crippen LogP contribution in [0.15, 0.2) is 30.3 Å². The van der Waals surface area contributed by atoms with Crippen molar-refractivity contribution in [3.63, 3.8) is 0 Å². The molecule has 0 spiro atoms. The average molecular weight is 258 g/mol. The molecule has 0 aliphatic heterocycles. The first-order valence-corrected chi connectivity index (χ1v) is 6.99. The molecule has 1 aliphatic carbocycles. The van der Waals surface area contributed by atoms with Gasteiger partial charge in [-0.3, -0.25) is 0 Å². The maximum absolute atomic E-state index is 11.8. The van der Waals surface area contributed by atoms with Gasteiger partial charge in [0.2, 0.25) is 0 Å². The first-order chi connectivity index (χ1) is 8.79. The van der Waals surface area contributed by atoms with Crippen LogP contribution in [0.1, 0.15) is 27.0 Å². The first-order valence-electron chi connectivity index (χ1n) is 6.17. The molecule has 0 N–H and O–H groups in total. The van der Waals surface area contributed by atoms with Crippen molar-refractivity contribution in [2.45, 2.75) is 19.8 Å². The van der Waals surface area contributed by atoms with Crippen LogP contribution >= 0.6 is 11.3 Å². The molecule has 18 heavy (non-hydrogen) atoms. The molecule has 1 aromatic carbocycles. The van der Waals surface area contributed by atoms with Gasteiger partial charge < -0.3 is 4.74 Å². The maximum Gasteiger partial charge on any atom is 0.348 e. The lowest BCUT2D eigenvalue weighted by Gasteiger charge is -2.15. The van der Waals surface area contributed by atoms with Gasteiger partial charge in [-0.2, -0.15) is 0 Å². The number of carbonyl (C=O) groups is 1. The van der Waals surface area contributed by atoms with Crippen LogP contribution in [0.2, 0.25) is 0 Å². The van der Waals surface area contributed by atoms with Crippen LogP contribution in [0.4, 0.5) is 0 Å². The molecule has 2 nitrogen and oxygen atoms in total. The standard InChI is InChI=1S/C15H14O2S/c1-2-17-15(16)14-9-12-11-6-4-3-5-10(11)7-8-13(12)18-14/h3-6,9H,2,7-8H2,1H3. The summed E-state index contributed by atoms with van der Waals surface area (Å²) in [7, 11) is 0. The summed E-state index contributed by atoms with van der Waals surface area (Å²) < 4.78 is 5.07. The Morgan fingerprint density at radius 3 is 2.94 bits per heavy atom. The summed E-state index contributed by atoms with van der Waals surface area (Å²) in [4.78, 5) is 13.8. The van der Waals surface area contributed by atoms with E-state index in [0.29, 0.717) is 6.61 Å². The van der Waals surface area contributed by atoms with Crippen molar-refractivity contribution in [2.24, 2.45) is 0 Å². The van der Waals surface area contributed by atoms with Gasteiger partial charge in [-0.15, -0.1) is 11.3 Å². The summed E-state index contributed by atoms with van der Waals surface area (Å²) in [6.07, 6.45) is 2.09. The average Bonchev–Trinajstić information content (AvgIpc) is 2.83. The van der Waals surface area contributed by atoms with Gasteiger partial charge in [0.05, 0.1) is 6.61 Å². The molecule has 92 valence electrons. The fourth-order valence-corrected chi connectivity index (χ4v) is 3.46. The molecular formula is C15H14O2S. The Morgan fingerprint density at radius 2 is 2.11 bits per heavy atom. The quantitative estimate of drug-likeness (QED) is 0.768. The molecule has 0 bridgehead atoms. The van der Waals surface area contributed by atoms with Crippen molar-refractivity contribution in [3.8, 4) is 11.1 Å². The molecule has 3 heteroatoms. The predicted molar refractivity (Wildman–Crippen MR) is 73.1 cm³/mol. The Hall–Kier alpha value is -1.61. The van der Waals surface area contributed by atoms with Crippen LogP contribution in [0.5, 0.6) is 0 Å². The van der Waals surface area contributed by atoms with E-state index < -0.39 is 0 Å². The van der Waals surface area contributed by atoms with E-state index in [1.165, 1.54) is 21.6 Å². The van der Waals surface area contributed by atoms with Gasteiger partial charge in [-0.1, -0.05) is 24.3 Å². The number of ether oxygens (including phenoxy) is 1. The monoisotopic (exact) mass is 258 g/mol. The Kier molecular flexibility index (Phi) is 2.92. The predicted octanol–water partition coefficient (Wildman–Crippen LogP) is 3.69. The number of thiophene rings is 1. The highest BCUT2D eigenvalue weighted by atomic mass is 32.1. The Bertz CT molecular complexity index is 598. The van der Waals surface area contributed by atoms with Gasteiger partial charge in [0.25, 0.3) is 0 Å². The molecule has 0 saturated heterocycles. The van der Waals surface area contributed by atoms with E-state index in [2.05, 4.69) is 24.3 Å². The molecule has 1 aromatic heterocycles. The third kappa shape index (κ3) is 1.85. The molecule has 0 unspecified atom stereocenters. The molecule has 2 aromatic rings. The third-order valence-electron chi connectivity index (χ3n) is 3.21. The highest BCUT2D eigenvalue weighted by Gasteiger charge is 2.21. The minimum absolute atomic E-state index is 0.200. The molecule has 0 fully saturated rings. The van der Waals surface area contributed by atoms with E-state index in [1.807, 2.05) is 13.0 Å².